The van der Waals surface area contributed by atoms with E-state index < -0.39 is 32.3 Å². The lowest BCUT2D eigenvalue weighted by molar-refractivity contribution is 0.0178. The molecule has 19 heavy (non-hydrogen) atoms. The van der Waals surface area contributed by atoms with Gasteiger partial charge in [0.25, 0.3) is 0 Å². The SMILES string of the molecule is COP(=O)(O)CO[C@H](CO)Cn1ccc(N)nc1=O. The largest absolute Gasteiger partial charge is 0.394 e. The van der Waals surface area contributed by atoms with Gasteiger partial charge in [-0.2, -0.15) is 4.98 Å². The van der Waals surface area contributed by atoms with Crippen LogP contribution >= 0.6 is 7.60 Å². The molecule has 1 rings (SSSR count). The van der Waals surface area contributed by atoms with Crippen molar-refractivity contribution in [1.29, 1.82) is 0 Å². The standard InChI is InChI=1S/C9H16N3O6P/c1-17-19(15,16)6-18-7(5-13)4-12-3-2-8(10)11-9(12)14/h2-3,7,13H,4-6H2,1H3,(H,15,16)(H2,10,11,14)/t7-/m0/s1. The Morgan fingerprint density at radius 1 is 1.63 bits per heavy atom. The second-order valence-corrected chi connectivity index (χ2v) is 5.61. The third kappa shape index (κ3) is 5.09. The summed E-state index contributed by atoms with van der Waals surface area (Å²) in [5, 5.41) is 9.10. The van der Waals surface area contributed by atoms with E-state index in [1.165, 1.54) is 16.8 Å². The number of nitrogens with zero attached hydrogens (tertiary/aromatic N) is 2. The molecule has 0 aromatic carbocycles. The molecule has 0 fully saturated rings. The second-order valence-electron chi connectivity index (χ2n) is 3.71. The zero-order valence-corrected chi connectivity index (χ0v) is 11.2. The van der Waals surface area contributed by atoms with Crippen LogP contribution in [0.3, 0.4) is 0 Å². The molecular weight excluding hydrogens is 277 g/mol. The molecule has 0 radical (unpaired) electrons. The van der Waals surface area contributed by atoms with Crippen LogP contribution in [0.2, 0.25) is 0 Å². The molecule has 4 N–H and O–H groups in total. The molecule has 108 valence electrons. The Hall–Kier alpha value is -1.25. The van der Waals surface area contributed by atoms with Gasteiger partial charge in [0.1, 0.15) is 12.2 Å². The molecule has 0 aliphatic carbocycles. The molecular formula is C9H16N3O6P. The number of hydrogen-bond acceptors (Lipinski definition) is 7. The number of aliphatic hydroxyl groups excluding tert-OH is 1. The van der Waals surface area contributed by atoms with Crippen molar-refractivity contribution >= 4 is 13.4 Å². The lowest BCUT2D eigenvalue weighted by atomic mass is 10.3. The normalized spacial score (nSPS) is 15.9. The molecule has 0 spiro atoms. The van der Waals surface area contributed by atoms with E-state index in [1.54, 1.807) is 0 Å². The summed E-state index contributed by atoms with van der Waals surface area (Å²) in [5.74, 6) is 0.0851. The Morgan fingerprint density at radius 2 is 2.32 bits per heavy atom. The predicted octanol–water partition coefficient (Wildman–Crippen LogP) is -1.01. The molecule has 9 nitrogen and oxygen atoms in total. The Balaban J connectivity index is 2.67. The summed E-state index contributed by atoms with van der Waals surface area (Å²) < 4.78 is 21.7. The zero-order valence-electron chi connectivity index (χ0n) is 10.3. The van der Waals surface area contributed by atoms with Crippen molar-refractivity contribution in [3.63, 3.8) is 0 Å². The monoisotopic (exact) mass is 293 g/mol. The Bertz CT molecular complexity index is 519. The lowest BCUT2D eigenvalue weighted by Crippen LogP contribution is -2.32. The number of aliphatic hydroxyl groups is 1. The highest BCUT2D eigenvalue weighted by molar-refractivity contribution is 7.52. The molecule has 1 aromatic rings. The first-order chi connectivity index (χ1) is 8.88. The third-order valence-electron chi connectivity index (χ3n) is 2.26. The van der Waals surface area contributed by atoms with Gasteiger partial charge in [0.15, 0.2) is 0 Å². The highest BCUT2D eigenvalue weighted by Gasteiger charge is 2.21. The quantitative estimate of drug-likeness (QED) is 0.544. The number of aromatic nitrogens is 2. The smallest absolute Gasteiger partial charge is 0.353 e. The van der Waals surface area contributed by atoms with E-state index in [-0.39, 0.29) is 12.4 Å². The average Bonchev–Trinajstić information content (AvgIpc) is 2.37. The first-order valence-corrected chi connectivity index (χ1v) is 7.07. The van der Waals surface area contributed by atoms with E-state index in [2.05, 4.69) is 9.51 Å². The minimum atomic E-state index is -3.82. The summed E-state index contributed by atoms with van der Waals surface area (Å²) in [6, 6.07) is 1.42. The van der Waals surface area contributed by atoms with Gasteiger partial charge in [-0.3, -0.25) is 9.13 Å². The summed E-state index contributed by atoms with van der Waals surface area (Å²) in [6.07, 6.45) is -0.0176. The first kappa shape index (κ1) is 15.8. The van der Waals surface area contributed by atoms with Gasteiger partial charge in [0.05, 0.1) is 19.3 Å². The van der Waals surface area contributed by atoms with Crippen molar-refractivity contribution < 1.29 is 23.8 Å². The summed E-state index contributed by atoms with van der Waals surface area (Å²) >= 11 is 0. The Labute approximate surface area is 109 Å². The Kier molecular flexibility index (Phi) is 5.64. The minimum absolute atomic E-state index is 0.0215. The number of nitrogen functional groups attached to an aromatic ring is 1. The van der Waals surface area contributed by atoms with Crippen LogP contribution in [0.1, 0.15) is 0 Å². The van der Waals surface area contributed by atoms with E-state index in [1.807, 2.05) is 0 Å². The molecule has 1 aromatic heterocycles. The van der Waals surface area contributed by atoms with Crippen LogP contribution in [0.15, 0.2) is 17.1 Å². The molecule has 0 aliphatic heterocycles. The van der Waals surface area contributed by atoms with Crippen LogP contribution in [0, 0.1) is 0 Å². The fourth-order valence-electron chi connectivity index (χ4n) is 1.22. The maximum Gasteiger partial charge on any atom is 0.353 e. The Morgan fingerprint density at radius 3 is 2.84 bits per heavy atom. The van der Waals surface area contributed by atoms with E-state index in [4.69, 9.17) is 20.5 Å². The number of ether oxygens (including phenoxy) is 1. The summed E-state index contributed by atoms with van der Waals surface area (Å²) in [7, 11) is -2.75. The van der Waals surface area contributed by atoms with Crippen molar-refractivity contribution in [1.82, 2.24) is 9.55 Å². The fourth-order valence-corrected chi connectivity index (χ4v) is 1.72. The summed E-state index contributed by atoms with van der Waals surface area (Å²) in [4.78, 5) is 24.1. The van der Waals surface area contributed by atoms with Gasteiger partial charge in [-0.25, -0.2) is 4.79 Å². The molecule has 0 amide bonds. The molecule has 10 heteroatoms. The van der Waals surface area contributed by atoms with Crippen LogP contribution in [0.4, 0.5) is 5.82 Å². The van der Waals surface area contributed by atoms with Crippen LogP contribution in [-0.2, 0) is 20.4 Å². The maximum atomic E-state index is 11.5. The van der Waals surface area contributed by atoms with Gasteiger partial charge in [-0.15, -0.1) is 0 Å². The van der Waals surface area contributed by atoms with Crippen molar-refractivity contribution in [3.05, 3.63) is 22.7 Å². The topological polar surface area (TPSA) is 137 Å². The fraction of sp³-hybridized carbons (Fsp3) is 0.556. The molecule has 0 saturated carbocycles. The number of rotatable bonds is 7. The van der Waals surface area contributed by atoms with E-state index >= 15 is 0 Å². The van der Waals surface area contributed by atoms with E-state index in [9.17, 15) is 9.36 Å². The van der Waals surface area contributed by atoms with Gasteiger partial charge in [0.2, 0.25) is 0 Å². The molecule has 2 atom stereocenters. The van der Waals surface area contributed by atoms with Gasteiger partial charge in [-0.1, -0.05) is 0 Å². The lowest BCUT2D eigenvalue weighted by Gasteiger charge is -2.18. The van der Waals surface area contributed by atoms with Crippen LogP contribution < -0.4 is 11.4 Å². The first-order valence-electron chi connectivity index (χ1n) is 5.31. The summed E-state index contributed by atoms with van der Waals surface area (Å²) in [5.41, 5.74) is 4.74. The molecule has 1 heterocycles. The van der Waals surface area contributed by atoms with Gasteiger partial charge < -0.3 is 25.0 Å². The third-order valence-corrected chi connectivity index (χ3v) is 3.30. The van der Waals surface area contributed by atoms with Crippen LogP contribution in [0.5, 0.6) is 0 Å². The van der Waals surface area contributed by atoms with Gasteiger partial charge >= 0.3 is 13.3 Å². The minimum Gasteiger partial charge on any atom is -0.394 e. The van der Waals surface area contributed by atoms with Gasteiger partial charge in [-0.05, 0) is 6.07 Å². The van der Waals surface area contributed by atoms with Crippen LogP contribution in [-0.4, -0.2) is 45.7 Å². The predicted molar refractivity (Wildman–Crippen MR) is 66.6 cm³/mol. The van der Waals surface area contributed by atoms with Gasteiger partial charge in [0, 0.05) is 13.3 Å². The van der Waals surface area contributed by atoms with Crippen molar-refractivity contribution in [2.75, 3.05) is 25.8 Å². The molecule has 0 bridgehead atoms. The van der Waals surface area contributed by atoms with E-state index in [0.29, 0.717) is 0 Å². The summed E-state index contributed by atoms with van der Waals surface area (Å²) in [6.45, 7) is -0.452. The van der Waals surface area contributed by atoms with Crippen LogP contribution in [0.25, 0.3) is 0 Å². The molecule has 0 aliphatic rings. The average molecular weight is 293 g/mol. The number of nitrogens with two attached hydrogens (primary N) is 1. The zero-order chi connectivity index (χ0) is 14.5. The maximum absolute atomic E-state index is 11.5. The van der Waals surface area contributed by atoms with E-state index in [0.717, 1.165) is 7.11 Å². The number of anilines is 1. The molecule has 1 unspecified atom stereocenters. The highest BCUT2D eigenvalue weighted by Crippen LogP contribution is 2.40. The molecule has 0 saturated heterocycles. The van der Waals surface area contributed by atoms with Crippen molar-refractivity contribution in [2.24, 2.45) is 0 Å². The number of hydrogen-bond donors (Lipinski definition) is 3. The van der Waals surface area contributed by atoms with Crippen molar-refractivity contribution in [2.45, 2.75) is 12.6 Å². The second kappa shape index (κ2) is 6.78. The van der Waals surface area contributed by atoms with Crippen molar-refractivity contribution in [3.8, 4) is 0 Å². The highest BCUT2D eigenvalue weighted by atomic mass is 31.2.